The molecule has 1 aromatic rings. The summed E-state index contributed by atoms with van der Waals surface area (Å²) in [5.41, 5.74) is -0.839. The molecule has 9 heteroatoms. The summed E-state index contributed by atoms with van der Waals surface area (Å²) in [7, 11) is 0. The standard InChI is InChI=1S/C15H19F3N2O4/c16-15(17,18)9-2-1-3-12(4-9)24-8-11(22)7-20-14(23)13-5-10(21)6-19-13/h1-4,10-11,13,19,21-22H,5-8H2,(H,20,23). The lowest BCUT2D eigenvalue weighted by atomic mass is 10.2. The zero-order valence-electron chi connectivity index (χ0n) is 12.7. The lowest BCUT2D eigenvalue weighted by Gasteiger charge is -2.16. The van der Waals surface area contributed by atoms with Crippen LogP contribution in [0, 0.1) is 0 Å². The van der Waals surface area contributed by atoms with Crippen molar-refractivity contribution in [2.45, 2.75) is 30.8 Å². The second-order valence-electron chi connectivity index (χ2n) is 5.59. The quantitative estimate of drug-likeness (QED) is 0.593. The number of aliphatic hydroxyl groups excluding tert-OH is 2. The van der Waals surface area contributed by atoms with Gasteiger partial charge >= 0.3 is 6.18 Å². The Kier molecular flexibility index (Phi) is 6.03. The molecule has 0 bridgehead atoms. The van der Waals surface area contributed by atoms with E-state index >= 15 is 0 Å². The van der Waals surface area contributed by atoms with Gasteiger partial charge in [0.05, 0.1) is 17.7 Å². The van der Waals surface area contributed by atoms with Gasteiger partial charge in [-0.1, -0.05) is 6.07 Å². The number of alkyl halides is 3. The van der Waals surface area contributed by atoms with Crippen LogP contribution in [0.25, 0.3) is 0 Å². The number of carbonyl (C=O) groups is 1. The second kappa shape index (κ2) is 7.82. The fourth-order valence-corrected chi connectivity index (χ4v) is 2.27. The summed E-state index contributed by atoms with van der Waals surface area (Å²) in [5, 5.41) is 24.4. The molecule has 1 aliphatic rings. The number of nitrogens with one attached hydrogen (secondary N) is 2. The molecule has 134 valence electrons. The van der Waals surface area contributed by atoms with Gasteiger partial charge in [0.2, 0.25) is 5.91 Å². The molecule has 24 heavy (non-hydrogen) atoms. The van der Waals surface area contributed by atoms with E-state index in [1.54, 1.807) is 0 Å². The van der Waals surface area contributed by atoms with Crippen molar-refractivity contribution in [3.63, 3.8) is 0 Å². The molecular formula is C15H19F3N2O4. The van der Waals surface area contributed by atoms with Crippen molar-refractivity contribution in [2.24, 2.45) is 0 Å². The average molecular weight is 348 g/mol. The van der Waals surface area contributed by atoms with Crippen LogP contribution in [0.4, 0.5) is 13.2 Å². The molecular weight excluding hydrogens is 329 g/mol. The van der Waals surface area contributed by atoms with Crippen LogP contribution in [0.5, 0.6) is 5.75 Å². The minimum Gasteiger partial charge on any atom is -0.491 e. The zero-order valence-corrected chi connectivity index (χ0v) is 12.7. The molecule has 0 saturated carbocycles. The number of β-amino-alcohol motifs (C(OH)–C–C–N with tert-alkyl or cyclic N) is 1. The number of aliphatic hydroxyl groups is 2. The van der Waals surface area contributed by atoms with Crippen LogP contribution in [0.2, 0.25) is 0 Å². The molecule has 0 radical (unpaired) electrons. The maximum Gasteiger partial charge on any atom is 0.416 e. The molecule has 3 unspecified atom stereocenters. The van der Waals surface area contributed by atoms with Gasteiger partial charge < -0.3 is 25.6 Å². The van der Waals surface area contributed by atoms with E-state index in [0.717, 1.165) is 12.1 Å². The predicted molar refractivity (Wildman–Crippen MR) is 78.4 cm³/mol. The van der Waals surface area contributed by atoms with Crippen molar-refractivity contribution >= 4 is 5.91 Å². The van der Waals surface area contributed by atoms with E-state index in [4.69, 9.17) is 4.74 Å². The number of hydrogen-bond acceptors (Lipinski definition) is 5. The predicted octanol–water partition coefficient (Wildman–Crippen LogP) is 0.284. The number of benzene rings is 1. The monoisotopic (exact) mass is 348 g/mol. The molecule has 4 N–H and O–H groups in total. The Morgan fingerprint density at radius 3 is 2.83 bits per heavy atom. The fourth-order valence-electron chi connectivity index (χ4n) is 2.27. The first-order chi connectivity index (χ1) is 11.3. The van der Waals surface area contributed by atoms with E-state index in [0.29, 0.717) is 13.0 Å². The van der Waals surface area contributed by atoms with E-state index in [1.807, 2.05) is 0 Å². The van der Waals surface area contributed by atoms with Crippen molar-refractivity contribution < 1.29 is 32.9 Å². The molecule has 1 aromatic carbocycles. The summed E-state index contributed by atoms with van der Waals surface area (Å²) < 4.78 is 42.8. The Bertz CT molecular complexity index is 568. The minimum atomic E-state index is -4.47. The highest BCUT2D eigenvalue weighted by atomic mass is 19.4. The molecule has 0 aliphatic carbocycles. The largest absolute Gasteiger partial charge is 0.491 e. The lowest BCUT2D eigenvalue weighted by Crippen LogP contribution is -2.44. The maximum atomic E-state index is 12.6. The topological polar surface area (TPSA) is 90.8 Å². The number of amides is 1. The molecule has 2 rings (SSSR count). The molecule has 1 aliphatic heterocycles. The number of hydrogen-bond donors (Lipinski definition) is 4. The van der Waals surface area contributed by atoms with Crippen molar-refractivity contribution in [1.29, 1.82) is 0 Å². The van der Waals surface area contributed by atoms with Crippen LogP contribution >= 0.6 is 0 Å². The van der Waals surface area contributed by atoms with Gasteiger partial charge in [0.1, 0.15) is 18.5 Å². The van der Waals surface area contributed by atoms with Crippen LogP contribution in [-0.4, -0.2) is 54.1 Å². The maximum absolute atomic E-state index is 12.6. The van der Waals surface area contributed by atoms with Gasteiger partial charge in [-0.05, 0) is 24.6 Å². The van der Waals surface area contributed by atoms with Gasteiger partial charge in [-0.15, -0.1) is 0 Å². The summed E-state index contributed by atoms with van der Waals surface area (Å²) in [6.07, 6.45) is -5.82. The normalized spacial score (nSPS) is 22.2. The number of rotatable bonds is 6. The SMILES string of the molecule is O=C(NCC(O)COc1cccc(C(F)(F)F)c1)C1CC(O)CN1. The smallest absolute Gasteiger partial charge is 0.416 e. The highest BCUT2D eigenvalue weighted by Crippen LogP contribution is 2.31. The summed E-state index contributed by atoms with van der Waals surface area (Å²) in [6.45, 7) is -0.0340. The Hall–Kier alpha value is -1.84. The highest BCUT2D eigenvalue weighted by molar-refractivity contribution is 5.82. The Morgan fingerprint density at radius 1 is 1.46 bits per heavy atom. The molecule has 1 heterocycles. The molecule has 0 aromatic heterocycles. The summed E-state index contributed by atoms with van der Waals surface area (Å²) in [5.74, 6) is -0.375. The van der Waals surface area contributed by atoms with Crippen molar-refractivity contribution in [3.05, 3.63) is 29.8 Å². The van der Waals surface area contributed by atoms with Gasteiger partial charge in [0, 0.05) is 13.1 Å². The number of halogens is 3. The van der Waals surface area contributed by atoms with Gasteiger partial charge in [0.25, 0.3) is 0 Å². The minimum absolute atomic E-state index is 0.0178. The molecule has 1 saturated heterocycles. The Labute approximate surface area is 136 Å². The third-order valence-corrected chi connectivity index (χ3v) is 3.54. The fraction of sp³-hybridized carbons (Fsp3) is 0.533. The van der Waals surface area contributed by atoms with E-state index in [1.165, 1.54) is 12.1 Å². The van der Waals surface area contributed by atoms with Crippen LogP contribution in [0.1, 0.15) is 12.0 Å². The third-order valence-electron chi connectivity index (χ3n) is 3.54. The molecule has 6 nitrogen and oxygen atoms in total. The molecule has 1 amide bonds. The Balaban J connectivity index is 1.75. The molecule has 1 fully saturated rings. The van der Waals surface area contributed by atoms with E-state index in [-0.39, 0.29) is 24.8 Å². The number of ether oxygens (including phenoxy) is 1. The summed E-state index contributed by atoms with van der Waals surface area (Å²) >= 11 is 0. The molecule has 3 atom stereocenters. The number of carbonyl (C=O) groups excluding carboxylic acids is 1. The second-order valence-corrected chi connectivity index (χ2v) is 5.59. The molecule has 0 spiro atoms. The van der Waals surface area contributed by atoms with Crippen LogP contribution in [-0.2, 0) is 11.0 Å². The zero-order chi connectivity index (χ0) is 17.7. The van der Waals surface area contributed by atoms with Gasteiger partial charge in [-0.2, -0.15) is 13.2 Å². The first kappa shape index (κ1) is 18.5. The summed E-state index contributed by atoms with van der Waals surface area (Å²) in [6, 6.07) is 3.81. The Morgan fingerprint density at radius 2 is 2.21 bits per heavy atom. The van der Waals surface area contributed by atoms with Gasteiger partial charge in [-0.25, -0.2) is 0 Å². The van der Waals surface area contributed by atoms with Crippen molar-refractivity contribution in [2.75, 3.05) is 19.7 Å². The van der Waals surface area contributed by atoms with Crippen LogP contribution in [0.3, 0.4) is 0 Å². The first-order valence-electron chi connectivity index (χ1n) is 7.43. The van der Waals surface area contributed by atoms with Crippen LogP contribution in [0.15, 0.2) is 24.3 Å². The third kappa shape index (κ3) is 5.36. The van der Waals surface area contributed by atoms with E-state index in [2.05, 4.69) is 10.6 Å². The van der Waals surface area contributed by atoms with Crippen molar-refractivity contribution in [1.82, 2.24) is 10.6 Å². The summed E-state index contributed by atoms with van der Waals surface area (Å²) in [4.78, 5) is 11.8. The van der Waals surface area contributed by atoms with E-state index < -0.39 is 30.0 Å². The lowest BCUT2D eigenvalue weighted by molar-refractivity contribution is -0.137. The van der Waals surface area contributed by atoms with Gasteiger partial charge in [-0.3, -0.25) is 4.79 Å². The van der Waals surface area contributed by atoms with E-state index in [9.17, 15) is 28.2 Å². The van der Waals surface area contributed by atoms with Gasteiger partial charge in [0.15, 0.2) is 0 Å². The average Bonchev–Trinajstić information content (AvgIpc) is 2.96. The highest BCUT2D eigenvalue weighted by Gasteiger charge is 2.31. The van der Waals surface area contributed by atoms with Crippen molar-refractivity contribution in [3.8, 4) is 5.75 Å². The first-order valence-corrected chi connectivity index (χ1v) is 7.43. The van der Waals surface area contributed by atoms with Crippen LogP contribution < -0.4 is 15.4 Å².